The fourth-order valence-electron chi connectivity index (χ4n) is 4.50. The topological polar surface area (TPSA) is 55.5 Å². The number of carbonyl (C=O) groups is 1. The Hall–Kier alpha value is -3.50. The van der Waals surface area contributed by atoms with Crippen molar-refractivity contribution in [2.75, 3.05) is 0 Å². The van der Waals surface area contributed by atoms with Gasteiger partial charge in [0.15, 0.2) is 5.76 Å². The molecule has 1 aliphatic heterocycles. The lowest BCUT2D eigenvalue weighted by Crippen LogP contribution is -2.11. The molecule has 0 radical (unpaired) electrons. The number of hydrogen-bond acceptors (Lipinski definition) is 4. The average molecular weight is 469 g/mol. The maximum Gasteiger partial charge on any atom is 0.169 e. The summed E-state index contributed by atoms with van der Waals surface area (Å²) < 4.78 is 5.81. The molecule has 5 rings (SSSR count). The molecule has 1 atom stereocenters. The molecule has 2 heterocycles. The zero-order chi connectivity index (χ0) is 23.8. The van der Waals surface area contributed by atoms with Gasteiger partial charge in [-0.15, -0.1) is 0 Å². The van der Waals surface area contributed by atoms with Gasteiger partial charge in [-0.25, -0.2) is 0 Å². The van der Waals surface area contributed by atoms with Crippen LogP contribution in [0.25, 0.3) is 11.1 Å². The van der Waals surface area contributed by atoms with E-state index in [9.17, 15) is 4.79 Å². The van der Waals surface area contributed by atoms with Crippen LogP contribution in [0.15, 0.2) is 76.2 Å². The average Bonchev–Trinajstić information content (AvgIpc) is 3.14. The minimum absolute atomic E-state index is 0.107. The molecule has 0 saturated heterocycles. The third kappa shape index (κ3) is 4.34. The van der Waals surface area contributed by atoms with Crippen molar-refractivity contribution in [2.24, 2.45) is 4.99 Å². The molecule has 0 N–H and O–H groups in total. The SMILES string of the molecule is Cc1ccc(CC(=O)C[C@@H]2N=C(c3ccc(Cl)cc3)c3cc(C)ccc3-c3c(C)noc32)cc1. The molecule has 4 nitrogen and oxygen atoms in total. The third-order valence-corrected chi connectivity index (χ3v) is 6.49. The number of aryl methyl sites for hydroxylation is 3. The summed E-state index contributed by atoms with van der Waals surface area (Å²) in [7, 11) is 0. The zero-order valence-corrected chi connectivity index (χ0v) is 20.2. The van der Waals surface area contributed by atoms with Crippen LogP contribution < -0.4 is 0 Å². The van der Waals surface area contributed by atoms with Gasteiger partial charge >= 0.3 is 0 Å². The maximum atomic E-state index is 13.2. The molecule has 0 bridgehead atoms. The maximum absolute atomic E-state index is 13.2. The van der Waals surface area contributed by atoms with Gasteiger partial charge in [0.05, 0.1) is 17.0 Å². The van der Waals surface area contributed by atoms with E-state index in [0.717, 1.165) is 44.8 Å². The summed E-state index contributed by atoms with van der Waals surface area (Å²) in [5.74, 6) is 0.749. The summed E-state index contributed by atoms with van der Waals surface area (Å²) in [4.78, 5) is 18.3. The van der Waals surface area contributed by atoms with Crippen LogP contribution >= 0.6 is 11.6 Å². The Morgan fingerprint density at radius 1 is 0.912 bits per heavy atom. The highest BCUT2D eigenvalue weighted by Gasteiger charge is 2.31. The van der Waals surface area contributed by atoms with Crippen molar-refractivity contribution < 1.29 is 9.32 Å². The standard InChI is InChI=1S/C29H25ClN2O2/c1-17-4-7-20(8-5-17)15-23(33)16-26-29-27(19(3)32-34-29)24-13-6-18(2)14-25(24)28(31-26)21-9-11-22(30)12-10-21/h4-14,26H,15-16H2,1-3H3/t26-/m0/s1. The van der Waals surface area contributed by atoms with Gasteiger partial charge in [0.1, 0.15) is 11.8 Å². The minimum Gasteiger partial charge on any atom is -0.358 e. The van der Waals surface area contributed by atoms with Gasteiger partial charge in [-0.2, -0.15) is 0 Å². The van der Waals surface area contributed by atoms with Crippen LogP contribution in [0.2, 0.25) is 5.02 Å². The quantitative estimate of drug-likeness (QED) is 0.316. The lowest BCUT2D eigenvalue weighted by atomic mass is 9.91. The van der Waals surface area contributed by atoms with Gasteiger partial charge in [0.2, 0.25) is 0 Å². The van der Waals surface area contributed by atoms with E-state index >= 15 is 0 Å². The van der Waals surface area contributed by atoms with Gasteiger partial charge in [-0.1, -0.05) is 76.4 Å². The van der Waals surface area contributed by atoms with Crippen molar-refractivity contribution in [3.05, 3.63) is 111 Å². The lowest BCUT2D eigenvalue weighted by molar-refractivity contribution is -0.118. The van der Waals surface area contributed by atoms with Crippen LogP contribution in [0.4, 0.5) is 0 Å². The van der Waals surface area contributed by atoms with Gasteiger partial charge < -0.3 is 4.52 Å². The Bertz CT molecular complexity index is 1400. The number of Topliss-reactive ketones (excluding diaryl/α,β-unsaturated/α-hetero) is 1. The number of benzene rings is 3. The largest absolute Gasteiger partial charge is 0.358 e. The Morgan fingerprint density at radius 2 is 1.62 bits per heavy atom. The predicted octanol–water partition coefficient (Wildman–Crippen LogP) is 7.01. The molecule has 3 aromatic carbocycles. The highest BCUT2D eigenvalue weighted by molar-refractivity contribution is 6.30. The third-order valence-electron chi connectivity index (χ3n) is 6.24. The van der Waals surface area contributed by atoms with E-state index in [1.165, 1.54) is 5.56 Å². The van der Waals surface area contributed by atoms with Crippen molar-refractivity contribution in [3.8, 4) is 11.1 Å². The van der Waals surface area contributed by atoms with E-state index < -0.39 is 6.04 Å². The molecule has 0 fully saturated rings. The van der Waals surface area contributed by atoms with Crippen LogP contribution in [-0.2, 0) is 11.2 Å². The lowest BCUT2D eigenvalue weighted by Gasteiger charge is -2.13. The molecule has 0 unspecified atom stereocenters. The van der Waals surface area contributed by atoms with Gasteiger partial charge in [-0.3, -0.25) is 9.79 Å². The summed E-state index contributed by atoms with van der Waals surface area (Å²) in [5, 5.41) is 4.91. The molecular weight excluding hydrogens is 444 g/mol. The number of aliphatic imine (C=N–C) groups is 1. The summed E-state index contributed by atoms with van der Waals surface area (Å²) in [6.45, 7) is 6.04. The molecule has 5 heteroatoms. The van der Waals surface area contributed by atoms with Crippen molar-refractivity contribution in [1.82, 2.24) is 5.16 Å². The Labute approximate surface area is 204 Å². The van der Waals surface area contributed by atoms with Crippen LogP contribution in [0.3, 0.4) is 0 Å². The minimum atomic E-state index is -0.465. The Balaban J connectivity index is 1.60. The second-order valence-corrected chi connectivity index (χ2v) is 9.40. The molecule has 0 spiro atoms. The number of nitrogens with zero attached hydrogens (tertiary/aromatic N) is 2. The molecule has 1 aliphatic rings. The summed E-state index contributed by atoms with van der Waals surface area (Å²) in [6.07, 6.45) is 0.594. The summed E-state index contributed by atoms with van der Waals surface area (Å²) >= 11 is 6.16. The highest BCUT2D eigenvalue weighted by atomic mass is 35.5. The fourth-order valence-corrected chi connectivity index (χ4v) is 4.62. The molecular formula is C29H25ClN2O2. The molecule has 0 amide bonds. The van der Waals surface area contributed by atoms with Crippen molar-refractivity contribution in [3.63, 3.8) is 0 Å². The predicted molar refractivity (Wildman–Crippen MR) is 136 cm³/mol. The normalized spacial score (nSPS) is 14.7. The van der Waals surface area contributed by atoms with Gasteiger partial charge in [0.25, 0.3) is 0 Å². The number of halogens is 1. The van der Waals surface area contributed by atoms with Crippen LogP contribution in [0, 0.1) is 20.8 Å². The molecule has 4 aromatic rings. The van der Waals surface area contributed by atoms with Crippen LogP contribution in [0.5, 0.6) is 0 Å². The van der Waals surface area contributed by atoms with Crippen molar-refractivity contribution in [1.29, 1.82) is 0 Å². The van der Waals surface area contributed by atoms with Gasteiger partial charge in [0, 0.05) is 29.0 Å². The zero-order valence-electron chi connectivity index (χ0n) is 19.4. The first-order valence-corrected chi connectivity index (χ1v) is 11.8. The Kier molecular flexibility index (Phi) is 5.93. The van der Waals surface area contributed by atoms with Crippen LogP contribution in [0.1, 0.15) is 51.7 Å². The number of fused-ring (bicyclic) bond motifs is 3. The molecule has 0 aliphatic carbocycles. The molecule has 34 heavy (non-hydrogen) atoms. The summed E-state index contributed by atoms with van der Waals surface area (Å²) in [6, 6.07) is 21.6. The van der Waals surface area contributed by atoms with Crippen molar-refractivity contribution >= 4 is 23.1 Å². The van der Waals surface area contributed by atoms with E-state index in [0.29, 0.717) is 17.2 Å². The van der Waals surface area contributed by atoms with E-state index in [2.05, 4.69) is 30.3 Å². The highest BCUT2D eigenvalue weighted by Crippen LogP contribution is 2.41. The number of carbonyl (C=O) groups excluding carboxylic acids is 1. The van der Waals surface area contributed by atoms with E-state index in [1.807, 2.05) is 62.4 Å². The first kappa shape index (κ1) is 22.3. The number of ketones is 1. The first-order valence-electron chi connectivity index (χ1n) is 11.4. The second-order valence-electron chi connectivity index (χ2n) is 8.96. The van der Waals surface area contributed by atoms with Gasteiger partial charge in [-0.05, 0) is 50.1 Å². The smallest absolute Gasteiger partial charge is 0.169 e. The number of rotatable bonds is 5. The fraction of sp³-hybridized carbons (Fsp3) is 0.207. The molecule has 1 aromatic heterocycles. The van der Waals surface area contributed by atoms with Crippen molar-refractivity contribution in [2.45, 2.75) is 39.7 Å². The number of hydrogen-bond donors (Lipinski definition) is 0. The molecule has 0 saturated carbocycles. The summed E-state index contributed by atoms with van der Waals surface area (Å²) in [5.41, 5.74) is 8.82. The second kappa shape index (κ2) is 9.03. The monoisotopic (exact) mass is 468 g/mol. The Morgan fingerprint density at radius 3 is 2.35 bits per heavy atom. The number of aromatic nitrogens is 1. The molecule has 170 valence electrons. The van der Waals surface area contributed by atoms with E-state index in [-0.39, 0.29) is 12.2 Å². The van der Waals surface area contributed by atoms with E-state index in [4.69, 9.17) is 21.1 Å². The van der Waals surface area contributed by atoms with Crippen LogP contribution in [-0.4, -0.2) is 16.7 Å². The van der Waals surface area contributed by atoms with E-state index in [1.54, 1.807) is 0 Å². The first-order chi connectivity index (χ1) is 16.4.